The first-order valence-electron chi connectivity index (χ1n) is 6.45. The minimum atomic E-state index is -0.264. The number of carbonyl (C=O) groups excluding carboxylic acids is 1. The molecule has 0 fully saturated rings. The van der Waals surface area contributed by atoms with E-state index in [1.165, 1.54) is 0 Å². The fraction of sp³-hybridized carbons (Fsp3) is 0.467. The Balaban J connectivity index is 2.79. The van der Waals surface area contributed by atoms with E-state index in [0.29, 0.717) is 10.7 Å². The maximum Gasteiger partial charge on any atom is 0.258 e. The van der Waals surface area contributed by atoms with E-state index in [1.54, 1.807) is 0 Å². The van der Waals surface area contributed by atoms with Crippen molar-refractivity contribution in [2.45, 2.75) is 40.2 Å². The molecule has 1 aromatic rings. The van der Waals surface area contributed by atoms with Crippen LogP contribution in [0.1, 0.15) is 37.5 Å². The minimum Gasteiger partial charge on any atom is -0.483 e. The van der Waals surface area contributed by atoms with Crippen molar-refractivity contribution in [3.8, 4) is 5.75 Å². The van der Waals surface area contributed by atoms with Crippen LogP contribution in [-0.4, -0.2) is 23.0 Å². The van der Waals surface area contributed by atoms with Crippen molar-refractivity contribution in [1.29, 1.82) is 0 Å². The van der Waals surface area contributed by atoms with E-state index in [9.17, 15) is 4.79 Å². The molecule has 0 radical (unpaired) electrons. The van der Waals surface area contributed by atoms with E-state index in [4.69, 9.17) is 22.7 Å². The first-order chi connectivity index (χ1) is 9.10. The van der Waals surface area contributed by atoms with Crippen LogP contribution >= 0.6 is 12.2 Å². The van der Waals surface area contributed by atoms with E-state index in [1.807, 2.05) is 46.8 Å². The highest BCUT2D eigenvalue weighted by Crippen LogP contribution is 2.24. The Morgan fingerprint density at radius 2 is 1.80 bits per heavy atom. The van der Waals surface area contributed by atoms with Gasteiger partial charge in [0.05, 0.1) is 0 Å². The smallest absolute Gasteiger partial charge is 0.258 e. The molecule has 0 aliphatic carbocycles. The van der Waals surface area contributed by atoms with E-state index in [2.05, 4.69) is 5.32 Å². The monoisotopic (exact) mass is 294 g/mol. The van der Waals surface area contributed by atoms with Crippen molar-refractivity contribution in [3.63, 3.8) is 0 Å². The molecule has 0 saturated carbocycles. The fourth-order valence-corrected chi connectivity index (χ4v) is 2.03. The summed E-state index contributed by atoms with van der Waals surface area (Å²) in [4.78, 5) is 12.1. The SMILES string of the molecule is Cc1cc(C(N)=S)cc(C)c1OCC(=O)NC(C)(C)C. The Kier molecular flexibility index (Phi) is 5.11. The number of hydrogen-bond donors (Lipinski definition) is 2. The molecular weight excluding hydrogens is 272 g/mol. The molecule has 20 heavy (non-hydrogen) atoms. The van der Waals surface area contributed by atoms with Crippen molar-refractivity contribution < 1.29 is 9.53 Å². The molecule has 1 amide bonds. The summed E-state index contributed by atoms with van der Waals surface area (Å²) in [5.41, 5.74) is 7.99. The summed E-state index contributed by atoms with van der Waals surface area (Å²) in [5.74, 6) is 0.559. The number of nitrogens with one attached hydrogen (secondary N) is 1. The van der Waals surface area contributed by atoms with Gasteiger partial charge in [0.2, 0.25) is 0 Å². The third-order valence-electron chi connectivity index (χ3n) is 2.61. The zero-order valence-corrected chi connectivity index (χ0v) is 13.5. The lowest BCUT2D eigenvalue weighted by Gasteiger charge is -2.21. The molecule has 0 aromatic heterocycles. The number of thiocarbonyl (C=S) groups is 1. The lowest BCUT2D eigenvalue weighted by Crippen LogP contribution is -2.43. The first-order valence-corrected chi connectivity index (χ1v) is 6.86. The molecule has 0 aliphatic heterocycles. The molecule has 0 atom stereocenters. The molecule has 110 valence electrons. The Morgan fingerprint density at radius 3 is 2.20 bits per heavy atom. The molecule has 3 N–H and O–H groups in total. The van der Waals surface area contributed by atoms with Gasteiger partial charge in [-0.2, -0.15) is 0 Å². The van der Waals surface area contributed by atoms with E-state index in [0.717, 1.165) is 16.7 Å². The highest BCUT2D eigenvalue weighted by molar-refractivity contribution is 7.80. The number of aryl methyl sites for hydroxylation is 2. The maximum atomic E-state index is 11.8. The number of nitrogens with two attached hydrogens (primary N) is 1. The van der Waals surface area contributed by atoms with Gasteiger partial charge < -0.3 is 15.8 Å². The average Bonchev–Trinajstić information content (AvgIpc) is 2.24. The standard InChI is InChI=1S/C15H22N2O2S/c1-9-6-11(14(16)20)7-10(2)13(9)19-8-12(18)17-15(3,4)5/h6-7H,8H2,1-5H3,(H2,16,20)(H,17,18). The van der Waals surface area contributed by atoms with E-state index >= 15 is 0 Å². The number of hydrogen-bond acceptors (Lipinski definition) is 3. The van der Waals surface area contributed by atoms with Crippen molar-refractivity contribution >= 4 is 23.1 Å². The second-order valence-electron chi connectivity index (χ2n) is 5.89. The number of benzene rings is 1. The van der Waals surface area contributed by atoms with Gasteiger partial charge in [-0.05, 0) is 57.9 Å². The summed E-state index contributed by atoms with van der Waals surface area (Å²) < 4.78 is 5.61. The quantitative estimate of drug-likeness (QED) is 0.836. The van der Waals surface area contributed by atoms with Gasteiger partial charge >= 0.3 is 0 Å². The predicted octanol–water partition coefficient (Wildman–Crippen LogP) is 2.23. The van der Waals surface area contributed by atoms with Crippen LogP contribution in [0.2, 0.25) is 0 Å². The van der Waals surface area contributed by atoms with Crippen LogP contribution in [0.3, 0.4) is 0 Å². The van der Waals surface area contributed by atoms with Crippen LogP contribution in [-0.2, 0) is 4.79 Å². The van der Waals surface area contributed by atoms with Crippen LogP contribution in [0.5, 0.6) is 5.75 Å². The molecule has 4 nitrogen and oxygen atoms in total. The van der Waals surface area contributed by atoms with E-state index < -0.39 is 0 Å². The molecule has 0 bridgehead atoms. The summed E-state index contributed by atoms with van der Waals surface area (Å²) in [7, 11) is 0. The Morgan fingerprint density at radius 1 is 1.30 bits per heavy atom. The highest BCUT2D eigenvalue weighted by Gasteiger charge is 2.15. The molecule has 1 aromatic carbocycles. The summed E-state index contributed by atoms with van der Waals surface area (Å²) in [5, 5.41) is 2.85. The van der Waals surface area contributed by atoms with Gasteiger partial charge in [0, 0.05) is 11.1 Å². The van der Waals surface area contributed by atoms with Crippen LogP contribution in [0, 0.1) is 13.8 Å². The van der Waals surface area contributed by atoms with Gasteiger partial charge in [-0.15, -0.1) is 0 Å². The predicted molar refractivity (Wildman–Crippen MR) is 85.2 cm³/mol. The Hall–Kier alpha value is -1.62. The zero-order chi connectivity index (χ0) is 15.5. The van der Waals surface area contributed by atoms with E-state index in [-0.39, 0.29) is 18.1 Å². The van der Waals surface area contributed by atoms with Gasteiger partial charge in [-0.3, -0.25) is 4.79 Å². The number of carbonyl (C=O) groups is 1. The Bertz CT molecular complexity index is 510. The van der Waals surface area contributed by atoms with Crippen molar-refractivity contribution in [1.82, 2.24) is 5.32 Å². The third-order valence-corrected chi connectivity index (χ3v) is 2.84. The van der Waals surface area contributed by atoms with Gasteiger partial charge in [0.1, 0.15) is 10.7 Å². The van der Waals surface area contributed by atoms with Crippen molar-refractivity contribution in [2.75, 3.05) is 6.61 Å². The molecule has 5 heteroatoms. The number of amides is 1. The van der Waals surface area contributed by atoms with Crippen molar-refractivity contribution in [3.05, 3.63) is 28.8 Å². The van der Waals surface area contributed by atoms with Crippen LogP contribution in [0.4, 0.5) is 0 Å². The van der Waals surface area contributed by atoms with Gasteiger partial charge in [0.15, 0.2) is 6.61 Å². The van der Waals surface area contributed by atoms with Gasteiger partial charge in [-0.1, -0.05) is 12.2 Å². The Labute approximate surface area is 125 Å². The summed E-state index contributed by atoms with van der Waals surface area (Å²) in [6.45, 7) is 9.60. The molecule has 0 saturated heterocycles. The third kappa shape index (κ3) is 4.81. The van der Waals surface area contributed by atoms with Gasteiger partial charge in [0.25, 0.3) is 5.91 Å². The second kappa shape index (κ2) is 6.22. The van der Waals surface area contributed by atoms with Gasteiger partial charge in [-0.25, -0.2) is 0 Å². The lowest BCUT2D eigenvalue weighted by atomic mass is 10.1. The molecule has 0 spiro atoms. The summed E-state index contributed by atoms with van der Waals surface area (Å²) in [6.07, 6.45) is 0. The number of rotatable bonds is 4. The molecule has 0 aliphatic rings. The molecule has 0 unspecified atom stereocenters. The normalized spacial score (nSPS) is 11.1. The molecular formula is C15H22N2O2S. The van der Waals surface area contributed by atoms with Crippen LogP contribution < -0.4 is 15.8 Å². The minimum absolute atomic E-state index is 0.00856. The highest BCUT2D eigenvalue weighted by atomic mass is 32.1. The molecule has 0 heterocycles. The summed E-state index contributed by atoms with van der Waals surface area (Å²) >= 11 is 4.96. The maximum absolute atomic E-state index is 11.8. The van der Waals surface area contributed by atoms with Crippen LogP contribution in [0.25, 0.3) is 0 Å². The topological polar surface area (TPSA) is 64.3 Å². The average molecular weight is 294 g/mol. The number of ether oxygens (including phenoxy) is 1. The second-order valence-corrected chi connectivity index (χ2v) is 6.33. The zero-order valence-electron chi connectivity index (χ0n) is 12.7. The van der Waals surface area contributed by atoms with Crippen LogP contribution in [0.15, 0.2) is 12.1 Å². The van der Waals surface area contributed by atoms with Crippen molar-refractivity contribution in [2.24, 2.45) is 5.73 Å². The largest absolute Gasteiger partial charge is 0.483 e. The lowest BCUT2D eigenvalue weighted by molar-refractivity contribution is -0.124. The first kappa shape index (κ1) is 16.4. The fourth-order valence-electron chi connectivity index (χ4n) is 1.91. The summed E-state index contributed by atoms with van der Waals surface area (Å²) in [6, 6.07) is 3.73. The molecule has 1 rings (SSSR count).